The van der Waals surface area contributed by atoms with Gasteiger partial charge in [-0.2, -0.15) is 0 Å². The molecule has 0 unspecified atom stereocenters. The van der Waals surface area contributed by atoms with Gasteiger partial charge in [0.05, 0.1) is 16.8 Å². The fourth-order valence-corrected chi connectivity index (χ4v) is 1.97. The fourth-order valence-electron chi connectivity index (χ4n) is 1.21. The minimum Gasteiger partial charge on any atom is -0.411 e. The molecule has 0 aliphatic heterocycles. The number of rotatable bonds is 2. The minimum atomic E-state index is 0.892. The summed E-state index contributed by atoms with van der Waals surface area (Å²) in [6, 6.07) is 7.69. The van der Waals surface area contributed by atoms with Gasteiger partial charge in [0.1, 0.15) is 0 Å². The van der Waals surface area contributed by atoms with Crippen LogP contribution >= 0.6 is 11.3 Å². The standard InChI is InChI=1S/C10H8N2OS/c13-12-7-10-8(4-6-14-10)9-3-1-2-5-11-9/h1-7,13H. The van der Waals surface area contributed by atoms with E-state index in [0.717, 1.165) is 16.1 Å². The summed E-state index contributed by atoms with van der Waals surface area (Å²) in [5.74, 6) is 0. The van der Waals surface area contributed by atoms with E-state index in [2.05, 4.69) is 10.1 Å². The first-order valence-electron chi connectivity index (χ1n) is 4.08. The highest BCUT2D eigenvalue weighted by Gasteiger charge is 2.04. The smallest absolute Gasteiger partial charge is 0.0840 e. The Morgan fingerprint density at radius 3 is 3.00 bits per heavy atom. The average Bonchev–Trinajstić information content (AvgIpc) is 2.68. The van der Waals surface area contributed by atoms with E-state index in [4.69, 9.17) is 5.21 Å². The highest BCUT2D eigenvalue weighted by Crippen LogP contribution is 2.24. The van der Waals surface area contributed by atoms with Crippen molar-refractivity contribution in [2.24, 2.45) is 5.16 Å². The zero-order valence-electron chi connectivity index (χ0n) is 7.29. The van der Waals surface area contributed by atoms with Crippen molar-refractivity contribution in [2.45, 2.75) is 0 Å². The van der Waals surface area contributed by atoms with Crippen LogP contribution < -0.4 is 0 Å². The molecule has 4 heteroatoms. The molecule has 0 radical (unpaired) electrons. The topological polar surface area (TPSA) is 45.5 Å². The number of aromatic nitrogens is 1. The zero-order chi connectivity index (χ0) is 9.80. The number of thiophene rings is 1. The second-order valence-electron chi connectivity index (χ2n) is 2.66. The van der Waals surface area contributed by atoms with E-state index in [1.807, 2.05) is 29.6 Å². The summed E-state index contributed by atoms with van der Waals surface area (Å²) in [6.07, 6.45) is 3.17. The van der Waals surface area contributed by atoms with Crippen molar-refractivity contribution in [1.29, 1.82) is 0 Å². The lowest BCUT2D eigenvalue weighted by atomic mass is 10.2. The highest BCUT2D eigenvalue weighted by atomic mass is 32.1. The van der Waals surface area contributed by atoms with Crippen molar-refractivity contribution in [3.05, 3.63) is 40.7 Å². The highest BCUT2D eigenvalue weighted by molar-refractivity contribution is 7.12. The summed E-state index contributed by atoms with van der Waals surface area (Å²) >= 11 is 1.52. The summed E-state index contributed by atoms with van der Waals surface area (Å²) < 4.78 is 0. The van der Waals surface area contributed by atoms with Gasteiger partial charge in [-0.05, 0) is 23.6 Å². The van der Waals surface area contributed by atoms with Crippen molar-refractivity contribution in [2.75, 3.05) is 0 Å². The van der Waals surface area contributed by atoms with Crippen molar-refractivity contribution >= 4 is 17.6 Å². The van der Waals surface area contributed by atoms with Crippen LogP contribution in [-0.2, 0) is 0 Å². The van der Waals surface area contributed by atoms with Crippen LogP contribution in [0.3, 0.4) is 0 Å². The lowest BCUT2D eigenvalue weighted by Crippen LogP contribution is -1.83. The number of hydrogen-bond donors (Lipinski definition) is 1. The van der Waals surface area contributed by atoms with Crippen LogP contribution in [0.1, 0.15) is 4.88 Å². The van der Waals surface area contributed by atoms with Crippen LogP contribution in [0.2, 0.25) is 0 Å². The zero-order valence-corrected chi connectivity index (χ0v) is 8.11. The molecule has 0 aromatic carbocycles. The van der Waals surface area contributed by atoms with Gasteiger partial charge in [0, 0.05) is 11.8 Å². The lowest BCUT2D eigenvalue weighted by molar-refractivity contribution is 0.322. The van der Waals surface area contributed by atoms with E-state index < -0.39 is 0 Å². The number of hydrogen-bond acceptors (Lipinski definition) is 4. The van der Waals surface area contributed by atoms with Crippen molar-refractivity contribution in [3.8, 4) is 11.3 Å². The monoisotopic (exact) mass is 204 g/mol. The molecule has 2 aromatic rings. The molecule has 1 N–H and O–H groups in total. The van der Waals surface area contributed by atoms with Crippen molar-refractivity contribution in [1.82, 2.24) is 4.98 Å². The summed E-state index contributed by atoms with van der Waals surface area (Å²) in [6.45, 7) is 0. The van der Waals surface area contributed by atoms with Crippen LogP contribution in [0.4, 0.5) is 0 Å². The van der Waals surface area contributed by atoms with Crippen LogP contribution in [0.25, 0.3) is 11.3 Å². The Labute approximate surface area is 85.4 Å². The van der Waals surface area contributed by atoms with Crippen LogP contribution in [0.5, 0.6) is 0 Å². The Morgan fingerprint density at radius 2 is 2.29 bits per heavy atom. The van der Waals surface area contributed by atoms with Crippen molar-refractivity contribution in [3.63, 3.8) is 0 Å². The summed E-state index contributed by atoms with van der Waals surface area (Å²) in [4.78, 5) is 5.14. The summed E-state index contributed by atoms with van der Waals surface area (Å²) in [5, 5.41) is 13.4. The van der Waals surface area contributed by atoms with Gasteiger partial charge in [-0.25, -0.2) is 0 Å². The molecule has 0 bridgehead atoms. The first-order chi connectivity index (χ1) is 6.92. The Balaban J connectivity index is 2.47. The Kier molecular flexibility index (Phi) is 2.55. The quantitative estimate of drug-likeness (QED) is 0.464. The molecule has 0 saturated heterocycles. The number of pyridine rings is 1. The predicted molar refractivity (Wildman–Crippen MR) is 56.9 cm³/mol. The maximum atomic E-state index is 8.47. The fraction of sp³-hybridized carbons (Fsp3) is 0. The van der Waals surface area contributed by atoms with Gasteiger partial charge in [-0.3, -0.25) is 4.98 Å². The molecule has 0 spiro atoms. The van der Waals surface area contributed by atoms with Gasteiger partial charge in [0.2, 0.25) is 0 Å². The lowest BCUT2D eigenvalue weighted by Gasteiger charge is -1.96. The molecule has 0 fully saturated rings. The molecule has 0 amide bonds. The second kappa shape index (κ2) is 4.02. The Bertz CT molecular complexity index is 436. The molecule has 2 heterocycles. The predicted octanol–water partition coefficient (Wildman–Crippen LogP) is 2.62. The molecule has 70 valence electrons. The largest absolute Gasteiger partial charge is 0.411 e. The Hall–Kier alpha value is -1.68. The molecule has 0 saturated carbocycles. The normalized spacial score (nSPS) is 10.9. The van der Waals surface area contributed by atoms with Crippen molar-refractivity contribution < 1.29 is 5.21 Å². The van der Waals surface area contributed by atoms with Gasteiger partial charge < -0.3 is 5.21 Å². The first kappa shape index (κ1) is 8.90. The van der Waals surface area contributed by atoms with Gasteiger partial charge >= 0.3 is 0 Å². The van der Waals surface area contributed by atoms with E-state index in [-0.39, 0.29) is 0 Å². The van der Waals surface area contributed by atoms with Crippen LogP contribution in [0.15, 0.2) is 41.0 Å². The third-order valence-corrected chi connectivity index (χ3v) is 2.66. The molecular weight excluding hydrogens is 196 g/mol. The van der Waals surface area contributed by atoms with Gasteiger partial charge in [-0.15, -0.1) is 11.3 Å². The molecule has 2 aromatic heterocycles. The van der Waals surface area contributed by atoms with Crippen LogP contribution in [-0.4, -0.2) is 16.4 Å². The van der Waals surface area contributed by atoms with E-state index in [1.165, 1.54) is 17.6 Å². The first-order valence-corrected chi connectivity index (χ1v) is 4.96. The number of nitrogens with zero attached hydrogens (tertiary/aromatic N) is 2. The maximum Gasteiger partial charge on any atom is 0.0840 e. The molecule has 14 heavy (non-hydrogen) atoms. The average molecular weight is 204 g/mol. The third-order valence-electron chi connectivity index (χ3n) is 1.81. The molecule has 0 aliphatic carbocycles. The van der Waals surface area contributed by atoms with Gasteiger partial charge in [-0.1, -0.05) is 11.2 Å². The van der Waals surface area contributed by atoms with E-state index in [1.54, 1.807) is 6.20 Å². The maximum absolute atomic E-state index is 8.47. The van der Waals surface area contributed by atoms with Gasteiger partial charge in [0.25, 0.3) is 0 Å². The summed E-state index contributed by atoms with van der Waals surface area (Å²) in [7, 11) is 0. The van der Waals surface area contributed by atoms with Gasteiger partial charge in [0.15, 0.2) is 0 Å². The number of oxime groups is 1. The Morgan fingerprint density at radius 1 is 1.36 bits per heavy atom. The third kappa shape index (κ3) is 1.65. The molecule has 0 atom stereocenters. The minimum absolute atomic E-state index is 0.892. The second-order valence-corrected chi connectivity index (χ2v) is 3.61. The van der Waals surface area contributed by atoms with E-state index in [0.29, 0.717) is 0 Å². The van der Waals surface area contributed by atoms with Crippen LogP contribution in [0, 0.1) is 0 Å². The van der Waals surface area contributed by atoms with E-state index in [9.17, 15) is 0 Å². The molecule has 2 rings (SSSR count). The SMILES string of the molecule is ON=Cc1sccc1-c1ccccn1. The van der Waals surface area contributed by atoms with E-state index >= 15 is 0 Å². The molecular formula is C10H8N2OS. The summed E-state index contributed by atoms with van der Waals surface area (Å²) in [5.41, 5.74) is 1.89. The molecule has 3 nitrogen and oxygen atoms in total. The molecule has 0 aliphatic rings.